The van der Waals surface area contributed by atoms with Crippen LogP contribution in [0.25, 0.3) is 10.9 Å². The van der Waals surface area contributed by atoms with Crippen LogP contribution < -0.4 is 10.9 Å². The normalized spacial score (nSPS) is 30.1. The van der Waals surface area contributed by atoms with Crippen molar-refractivity contribution in [3.05, 3.63) is 34.6 Å². The molecule has 1 aromatic heterocycles. The molecule has 1 N–H and O–H groups in total. The van der Waals surface area contributed by atoms with Gasteiger partial charge in [-0.05, 0) is 94.6 Å². The summed E-state index contributed by atoms with van der Waals surface area (Å²) in [5, 5.41) is 4.58. The van der Waals surface area contributed by atoms with Crippen LogP contribution in [0.1, 0.15) is 65.3 Å². The van der Waals surface area contributed by atoms with Crippen molar-refractivity contribution < 1.29 is 4.79 Å². The first-order valence-corrected chi connectivity index (χ1v) is 12.8. The second-order valence-electron chi connectivity index (χ2n) is 10.5. The van der Waals surface area contributed by atoms with E-state index < -0.39 is 0 Å². The number of amides is 1. The molecule has 5 nitrogen and oxygen atoms in total. The molecule has 31 heavy (non-hydrogen) atoms. The van der Waals surface area contributed by atoms with E-state index in [2.05, 4.69) is 12.2 Å². The van der Waals surface area contributed by atoms with Crippen LogP contribution in [0.3, 0.4) is 0 Å². The Labute approximate surface area is 188 Å². The molecule has 0 spiro atoms. The van der Waals surface area contributed by atoms with Crippen LogP contribution in [0.2, 0.25) is 0 Å². The molecule has 6 rings (SSSR count). The Morgan fingerprint density at radius 3 is 2.35 bits per heavy atom. The molecule has 4 fully saturated rings. The summed E-state index contributed by atoms with van der Waals surface area (Å²) >= 11 is 1.37. The lowest BCUT2D eigenvalue weighted by atomic mass is 9.48. The fraction of sp³-hybridized carbons (Fsp3) is 0.640. The molecule has 1 amide bonds. The number of thioether (sulfide) groups is 1. The Kier molecular flexibility index (Phi) is 5.40. The average Bonchev–Trinajstić information content (AvgIpc) is 2.71. The largest absolute Gasteiger partial charge is 0.352 e. The van der Waals surface area contributed by atoms with E-state index in [0.29, 0.717) is 21.5 Å². The number of benzene rings is 1. The highest BCUT2D eigenvalue weighted by atomic mass is 32.2. The summed E-state index contributed by atoms with van der Waals surface area (Å²) in [6, 6.07) is 7.63. The maximum atomic E-state index is 13.0. The van der Waals surface area contributed by atoms with Crippen LogP contribution in [0.5, 0.6) is 0 Å². The minimum Gasteiger partial charge on any atom is -0.352 e. The summed E-state index contributed by atoms with van der Waals surface area (Å²) in [5.41, 5.74) is 0.954. The Morgan fingerprint density at radius 2 is 1.74 bits per heavy atom. The summed E-state index contributed by atoms with van der Waals surface area (Å²) in [7, 11) is 0. The van der Waals surface area contributed by atoms with Gasteiger partial charge in [-0.1, -0.05) is 23.9 Å². The molecular formula is C25H33N3O2S. The van der Waals surface area contributed by atoms with Crippen molar-refractivity contribution in [1.82, 2.24) is 14.9 Å². The first-order chi connectivity index (χ1) is 14.8. The Balaban J connectivity index is 1.29. The van der Waals surface area contributed by atoms with Gasteiger partial charge in [0, 0.05) is 12.1 Å². The van der Waals surface area contributed by atoms with Gasteiger partial charge < -0.3 is 5.32 Å². The zero-order chi connectivity index (χ0) is 21.8. The number of rotatable bonds is 6. The van der Waals surface area contributed by atoms with Gasteiger partial charge >= 0.3 is 0 Å². The maximum absolute atomic E-state index is 13.0. The summed E-state index contributed by atoms with van der Waals surface area (Å²) in [6.45, 7) is 6.18. The summed E-state index contributed by atoms with van der Waals surface area (Å²) < 4.78 is 1.71. The van der Waals surface area contributed by atoms with Crippen LogP contribution in [-0.4, -0.2) is 27.3 Å². The third kappa shape index (κ3) is 3.81. The van der Waals surface area contributed by atoms with Crippen molar-refractivity contribution in [3.8, 4) is 0 Å². The number of fused-ring (bicyclic) bond motifs is 1. The quantitative estimate of drug-likeness (QED) is 0.519. The number of hydrogen-bond acceptors (Lipinski definition) is 4. The maximum Gasteiger partial charge on any atom is 0.262 e. The van der Waals surface area contributed by atoms with Crippen LogP contribution in [0.15, 0.2) is 34.2 Å². The summed E-state index contributed by atoms with van der Waals surface area (Å²) in [4.78, 5) is 30.6. The Hall–Kier alpha value is -1.82. The van der Waals surface area contributed by atoms with Crippen molar-refractivity contribution in [2.24, 2.45) is 23.2 Å². The molecule has 2 aromatic rings. The van der Waals surface area contributed by atoms with Gasteiger partial charge in [-0.25, -0.2) is 4.98 Å². The minimum atomic E-state index is -0.0366. The fourth-order valence-corrected chi connectivity index (χ4v) is 7.90. The SMILES string of the molecule is CC(C)n1c(SCC(=O)NC(C)C23CC4CC(CC(C4)C2)C3)nc2ccccc2c1=O. The molecule has 4 saturated carbocycles. The van der Waals surface area contributed by atoms with E-state index >= 15 is 0 Å². The molecule has 0 saturated heterocycles. The molecule has 4 aliphatic carbocycles. The van der Waals surface area contributed by atoms with Crippen LogP contribution in [-0.2, 0) is 4.79 Å². The third-order valence-corrected chi connectivity index (χ3v) is 8.96. The van der Waals surface area contributed by atoms with Gasteiger partial charge in [0.2, 0.25) is 5.91 Å². The third-order valence-electron chi connectivity index (χ3n) is 8.01. The number of hydrogen-bond donors (Lipinski definition) is 1. The number of nitrogens with one attached hydrogen (secondary N) is 1. The topological polar surface area (TPSA) is 64.0 Å². The second-order valence-corrected chi connectivity index (χ2v) is 11.5. The molecule has 0 radical (unpaired) electrons. The minimum absolute atomic E-state index is 0.0129. The zero-order valence-corrected chi connectivity index (χ0v) is 19.6. The highest BCUT2D eigenvalue weighted by Gasteiger charge is 2.53. The smallest absolute Gasteiger partial charge is 0.262 e. The van der Waals surface area contributed by atoms with Gasteiger partial charge in [-0.15, -0.1) is 0 Å². The monoisotopic (exact) mass is 439 g/mol. The van der Waals surface area contributed by atoms with Crippen LogP contribution in [0.4, 0.5) is 0 Å². The van der Waals surface area contributed by atoms with Gasteiger partial charge in [0.1, 0.15) is 0 Å². The van der Waals surface area contributed by atoms with E-state index in [1.807, 2.05) is 38.1 Å². The highest BCUT2D eigenvalue weighted by Crippen LogP contribution is 2.61. The molecule has 6 heteroatoms. The van der Waals surface area contributed by atoms with Gasteiger partial charge in [0.15, 0.2) is 5.16 Å². The van der Waals surface area contributed by atoms with E-state index in [1.165, 1.54) is 50.3 Å². The standard InChI is InChI=1S/C25H33N3O2S/c1-15(2)28-23(30)20-6-4-5-7-21(20)27-24(28)31-14-22(29)26-16(3)25-11-17-8-18(12-25)10-19(9-17)13-25/h4-7,15-19H,8-14H2,1-3H3,(H,26,29). The van der Waals surface area contributed by atoms with Crippen LogP contribution >= 0.6 is 11.8 Å². The van der Waals surface area contributed by atoms with Gasteiger partial charge in [-0.3, -0.25) is 14.2 Å². The summed E-state index contributed by atoms with van der Waals surface area (Å²) in [5.74, 6) is 2.96. The molecule has 4 bridgehead atoms. The van der Waals surface area contributed by atoms with E-state index in [9.17, 15) is 9.59 Å². The first kappa shape index (κ1) is 21.0. The van der Waals surface area contributed by atoms with Crippen molar-refractivity contribution in [1.29, 1.82) is 0 Å². The Bertz CT molecular complexity index is 1030. The average molecular weight is 440 g/mol. The van der Waals surface area contributed by atoms with Crippen molar-refractivity contribution in [3.63, 3.8) is 0 Å². The second kappa shape index (κ2) is 7.95. The molecule has 166 valence electrons. The van der Waals surface area contributed by atoms with E-state index in [1.54, 1.807) is 4.57 Å². The van der Waals surface area contributed by atoms with Crippen molar-refractivity contribution >= 4 is 28.6 Å². The fourth-order valence-electron chi connectivity index (χ4n) is 6.96. The first-order valence-electron chi connectivity index (χ1n) is 11.8. The number of carbonyl (C=O) groups is 1. The molecule has 1 heterocycles. The number of nitrogens with zero attached hydrogens (tertiary/aromatic N) is 2. The number of aromatic nitrogens is 2. The van der Waals surface area contributed by atoms with E-state index in [4.69, 9.17) is 4.98 Å². The molecule has 1 unspecified atom stereocenters. The highest BCUT2D eigenvalue weighted by molar-refractivity contribution is 7.99. The molecule has 1 atom stereocenters. The van der Waals surface area contributed by atoms with Crippen molar-refractivity contribution in [2.45, 2.75) is 76.5 Å². The van der Waals surface area contributed by atoms with Crippen LogP contribution in [0, 0.1) is 23.2 Å². The molecule has 0 aliphatic heterocycles. The van der Waals surface area contributed by atoms with Crippen molar-refractivity contribution in [2.75, 3.05) is 5.75 Å². The predicted molar refractivity (Wildman–Crippen MR) is 125 cm³/mol. The van der Waals surface area contributed by atoms with E-state index in [-0.39, 0.29) is 29.3 Å². The van der Waals surface area contributed by atoms with Gasteiger partial charge in [-0.2, -0.15) is 0 Å². The summed E-state index contributed by atoms with van der Waals surface area (Å²) in [6.07, 6.45) is 8.09. The predicted octanol–water partition coefficient (Wildman–Crippen LogP) is 4.79. The number of carbonyl (C=O) groups excluding carboxylic acids is 1. The zero-order valence-electron chi connectivity index (χ0n) is 18.8. The Morgan fingerprint density at radius 1 is 1.13 bits per heavy atom. The lowest BCUT2D eigenvalue weighted by Gasteiger charge is -2.59. The van der Waals surface area contributed by atoms with Gasteiger partial charge in [0.25, 0.3) is 5.56 Å². The molecular weight excluding hydrogens is 406 g/mol. The lowest BCUT2D eigenvalue weighted by molar-refractivity contribution is -0.123. The number of para-hydroxylation sites is 1. The van der Waals surface area contributed by atoms with Gasteiger partial charge in [0.05, 0.1) is 16.7 Å². The molecule has 4 aliphatic rings. The molecule has 1 aromatic carbocycles. The van der Waals surface area contributed by atoms with E-state index in [0.717, 1.165) is 17.8 Å². The lowest BCUT2D eigenvalue weighted by Crippen LogP contribution is -2.56.